The third-order valence-corrected chi connectivity index (χ3v) is 3.98. The minimum atomic E-state index is 0.600. The first-order valence-electron chi connectivity index (χ1n) is 7.50. The van der Waals surface area contributed by atoms with Crippen molar-refractivity contribution in [2.45, 2.75) is 44.9 Å². The largest absolute Gasteiger partial charge is 0.467 e. The highest BCUT2D eigenvalue weighted by atomic mass is 16.5. The molecule has 2 aliphatic rings. The second kappa shape index (κ2) is 6.55. The number of rotatable bonds is 8. The smallest absolute Gasteiger partial charge is 0.133 e. The highest BCUT2D eigenvalue weighted by molar-refractivity contribution is 5.16. The Balaban J connectivity index is 1.35. The Labute approximate surface area is 115 Å². The first-order chi connectivity index (χ1) is 9.42. The van der Waals surface area contributed by atoms with E-state index in [1.54, 1.807) is 6.26 Å². The van der Waals surface area contributed by atoms with E-state index in [4.69, 9.17) is 9.15 Å². The first kappa shape index (κ1) is 13.2. The second-order valence-corrected chi connectivity index (χ2v) is 5.63. The molecule has 1 N–H and O–H groups in total. The van der Waals surface area contributed by atoms with E-state index in [9.17, 15) is 0 Å². The maximum Gasteiger partial charge on any atom is 0.133 e. The summed E-state index contributed by atoms with van der Waals surface area (Å²) in [5.74, 6) is 0.981. The average molecular weight is 264 g/mol. The SMILES string of the molecule is c1cc(CNC2CC2)c(COCCN2CCCC2)o1. The molecule has 0 radical (unpaired) electrons. The Hall–Kier alpha value is -0.840. The maximum atomic E-state index is 5.74. The molecule has 0 unspecified atom stereocenters. The lowest BCUT2D eigenvalue weighted by Gasteiger charge is -2.14. The van der Waals surface area contributed by atoms with E-state index in [1.165, 1.54) is 44.3 Å². The van der Waals surface area contributed by atoms with Gasteiger partial charge >= 0.3 is 0 Å². The van der Waals surface area contributed by atoms with Crippen LogP contribution < -0.4 is 5.32 Å². The van der Waals surface area contributed by atoms with Crippen molar-refractivity contribution in [2.75, 3.05) is 26.2 Å². The summed E-state index contributed by atoms with van der Waals surface area (Å²) in [5, 5.41) is 3.51. The van der Waals surface area contributed by atoms with Crippen LogP contribution in [0.1, 0.15) is 37.0 Å². The number of hydrogen-bond acceptors (Lipinski definition) is 4. The molecule has 0 atom stereocenters. The Morgan fingerprint density at radius 3 is 2.95 bits per heavy atom. The topological polar surface area (TPSA) is 37.6 Å². The van der Waals surface area contributed by atoms with Gasteiger partial charge in [-0.3, -0.25) is 0 Å². The van der Waals surface area contributed by atoms with Gasteiger partial charge in [-0.2, -0.15) is 0 Å². The summed E-state index contributed by atoms with van der Waals surface area (Å²) in [4.78, 5) is 2.47. The number of hydrogen-bond donors (Lipinski definition) is 1. The van der Waals surface area contributed by atoms with Crippen molar-refractivity contribution in [3.63, 3.8) is 0 Å². The van der Waals surface area contributed by atoms with Gasteiger partial charge in [-0.15, -0.1) is 0 Å². The van der Waals surface area contributed by atoms with Gasteiger partial charge in [0.2, 0.25) is 0 Å². The molecule has 1 aromatic rings. The van der Waals surface area contributed by atoms with Crippen LogP contribution in [0.25, 0.3) is 0 Å². The van der Waals surface area contributed by atoms with Crippen molar-refractivity contribution in [1.82, 2.24) is 10.2 Å². The Morgan fingerprint density at radius 2 is 2.16 bits per heavy atom. The third kappa shape index (κ3) is 4.06. The van der Waals surface area contributed by atoms with Crippen molar-refractivity contribution < 1.29 is 9.15 Å². The predicted octanol–water partition coefficient (Wildman–Crippen LogP) is 2.14. The van der Waals surface area contributed by atoms with Crippen LogP contribution in [-0.2, 0) is 17.9 Å². The molecular weight excluding hydrogens is 240 g/mol. The van der Waals surface area contributed by atoms with Gasteiger partial charge in [0.05, 0.1) is 12.9 Å². The summed E-state index contributed by atoms with van der Waals surface area (Å²) in [6, 6.07) is 2.79. The molecule has 3 rings (SSSR count). The number of ether oxygens (including phenoxy) is 1. The van der Waals surface area contributed by atoms with E-state index < -0.39 is 0 Å². The summed E-state index contributed by atoms with van der Waals surface area (Å²) in [6.07, 6.45) is 7.09. The number of nitrogens with one attached hydrogen (secondary N) is 1. The van der Waals surface area contributed by atoms with E-state index in [1.807, 2.05) is 0 Å². The van der Waals surface area contributed by atoms with E-state index >= 15 is 0 Å². The fourth-order valence-electron chi connectivity index (χ4n) is 2.56. The second-order valence-electron chi connectivity index (χ2n) is 5.63. The molecule has 2 fully saturated rings. The number of nitrogens with zero attached hydrogens (tertiary/aromatic N) is 1. The predicted molar refractivity (Wildman–Crippen MR) is 73.9 cm³/mol. The summed E-state index contributed by atoms with van der Waals surface area (Å²) < 4.78 is 11.3. The van der Waals surface area contributed by atoms with Crippen molar-refractivity contribution >= 4 is 0 Å². The van der Waals surface area contributed by atoms with Gasteiger partial charge in [0.1, 0.15) is 12.4 Å². The zero-order valence-corrected chi connectivity index (χ0v) is 11.6. The average Bonchev–Trinajstić information content (AvgIpc) is 2.92. The summed E-state index contributed by atoms with van der Waals surface area (Å²) >= 11 is 0. The molecule has 1 saturated heterocycles. The molecule has 1 aromatic heterocycles. The van der Waals surface area contributed by atoms with Crippen molar-refractivity contribution in [1.29, 1.82) is 0 Å². The molecule has 2 heterocycles. The molecule has 4 heteroatoms. The lowest BCUT2D eigenvalue weighted by molar-refractivity contribution is 0.0868. The minimum Gasteiger partial charge on any atom is -0.467 e. The number of furan rings is 1. The van der Waals surface area contributed by atoms with E-state index in [0.717, 1.165) is 31.5 Å². The van der Waals surface area contributed by atoms with Gasteiger partial charge in [0.25, 0.3) is 0 Å². The van der Waals surface area contributed by atoms with E-state index in [0.29, 0.717) is 6.61 Å². The van der Waals surface area contributed by atoms with Gasteiger partial charge in [-0.05, 0) is 44.8 Å². The van der Waals surface area contributed by atoms with Crippen LogP contribution in [0.4, 0.5) is 0 Å². The molecule has 1 aliphatic heterocycles. The maximum absolute atomic E-state index is 5.74. The lowest BCUT2D eigenvalue weighted by Crippen LogP contribution is -2.24. The van der Waals surface area contributed by atoms with Crippen LogP contribution in [-0.4, -0.2) is 37.2 Å². The number of likely N-dealkylation sites (tertiary alicyclic amines) is 1. The fraction of sp³-hybridized carbons (Fsp3) is 0.733. The van der Waals surface area contributed by atoms with Gasteiger partial charge < -0.3 is 19.4 Å². The quantitative estimate of drug-likeness (QED) is 0.730. The molecule has 106 valence electrons. The molecule has 0 spiro atoms. The van der Waals surface area contributed by atoms with Gasteiger partial charge in [-0.1, -0.05) is 0 Å². The molecule has 4 nitrogen and oxygen atoms in total. The third-order valence-electron chi connectivity index (χ3n) is 3.98. The highest BCUT2D eigenvalue weighted by Crippen LogP contribution is 2.20. The Bertz CT molecular complexity index is 381. The monoisotopic (exact) mass is 264 g/mol. The highest BCUT2D eigenvalue weighted by Gasteiger charge is 2.20. The summed E-state index contributed by atoms with van der Waals surface area (Å²) in [7, 11) is 0. The Kier molecular flexibility index (Phi) is 4.53. The molecule has 0 aromatic carbocycles. The zero-order valence-electron chi connectivity index (χ0n) is 11.6. The van der Waals surface area contributed by atoms with Crippen LogP contribution >= 0.6 is 0 Å². The zero-order chi connectivity index (χ0) is 12.9. The van der Waals surface area contributed by atoms with Gasteiger partial charge in [0, 0.05) is 24.7 Å². The van der Waals surface area contributed by atoms with Crippen LogP contribution in [0.3, 0.4) is 0 Å². The van der Waals surface area contributed by atoms with E-state index in [2.05, 4.69) is 16.3 Å². The molecular formula is C15H24N2O2. The Morgan fingerprint density at radius 1 is 1.32 bits per heavy atom. The van der Waals surface area contributed by atoms with Gasteiger partial charge in [-0.25, -0.2) is 0 Å². The van der Waals surface area contributed by atoms with Gasteiger partial charge in [0.15, 0.2) is 0 Å². The lowest BCUT2D eigenvalue weighted by atomic mass is 10.2. The molecule has 1 aliphatic carbocycles. The van der Waals surface area contributed by atoms with Crippen LogP contribution in [0.2, 0.25) is 0 Å². The normalized spacial score (nSPS) is 20.2. The van der Waals surface area contributed by atoms with Crippen molar-refractivity contribution in [3.05, 3.63) is 23.7 Å². The van der Waals surface area contributed by atoms with E-state index in [-0.39, 0.29) is 0 Å². The van der Waals surface area contributed by atoms with Crippen LogP contribution in [0.5, 0.6) is 0 Å². The summed E-state index contributed by atoms with van der Waals surface area (Å²) in [5.41, 5.74) is 1.24. The van der Waals surface area contributed by atoms with Crippen molar-refractivity contribution in [3.8, 4) is 0 Å². The van der Waals surface area contributed by atoms with Crippen molar-refractivity contribution in [2.24, 2.45) is 0 Å². The van der Waals surface area contributed by atoms with Crippen LogP contribution in [0, 0.1) is 0 Å². The standard InChI is InChI=1S/C15H24N2O2/c1-2-7-17(6-1)8-10-18-12-15-13(5-9-19-15)11-16-14-3-4-14/h5,9,14,16H,1-4,6-8,10-12H2. The summed E-state index contributed by atoms with van der Waals surface area (Å²) in [6.45, 7) is 5.84. The molecule has 19 heavy (non-hydrogen) atoms. The molecule has 0 amide bonds. The first-order valence-corrected chi connectivity index (χ1v) is 7.50. The molecule has 1 saturated carbocycles. The minimum absolute atomic E-state index is 0.600. The van der Waals surface area contributed by atoms with Crippen LogP contribution in [0.15, 0.2) is 16.7 Å². The fourth-order valence-corrected chi connectivity index (χ4v) is 2.56. The molecule has 0 bridgehead atoms.